The van der Waals surface area contributed by atoms with Crippen LogP contribution >= 0.6 is 11.6 Å². The Balaban J connectivity index is 1.48. The van der Waals surface area contributed by atoms with Crippen LogP contribution in [0.4, 0.5) is 10.5 Å². The summed E-state index contributed by atoms with van der Waals surface area (Å²) in [5.74, 6) is 0.0598. The SMILES string of the molecule is COC(=O)c1ccc(C)c(-n2c(C)cc(OCc3ccccc3CNC(=O)N/C(=C/C(=N)C(C)(C)C)Nc3ccc(O)cc3)c(Cl)c2=O)c1. The van der Waals surface area contributed by atoms with Gasteiger partial charge in [-0.15, -0.1) is 0 Å². The highest BCUT2D eigenvalue weighted by atomic mass is 35.5. The molecular formula is C37H40ClN5O6. The lowest BCUT2D eigenvalue weighted by Gasteiger charge is -2.20. The van der Waals surface area contributed by atoms with E-state index in [4.69, 9.17) is 26.5 Å². The fourth-order valence-corrected chi connectivity index (χ4v) is 4.91. The van der Waals surface area contributed by atoms with E-state index in [0.29, 0.717) is 28.3 Å². The largest absolute Gasteiger partial charge is 0.508 e. The molecule has 1 aromatic heterocycles. The van der Waals surface area contributed by atoms with E-state index < -0.39 is 23.0 Å². The predicted octanol–water partition coefficient (Wildman–Crippen LogP) is 7.00. The molecule has 1 heterocycles. The van der Waals surface area contributed by atoms with Crippen molar-refractivity contribution in [2.75, 3.05) is 12.4 Å². The summed E-state index contributed by atoms with van der Waals surface area (Å²) in [6.45, 7) is 9.48. The number of esters is 1. The summed E-state index contributed by atoms with van der Waals surface area (Å²) in [6, 6.07) is 19.8. The third-order valence-electron chi connectivity index (χ3n) is 7.60. The lowest BCUT2D eigenvalue weighted by Crippen LogP contribution is -2.37. The first-order chi connectivity index (χ1) is 23.2. The number of benzene rings is 3. The molecule has 0 radical (unpaired) electrons. The van der Waals surface area contributed by atoms with Crippen LogP contribution in [0.25, 0.3) is 5.69 Å². The van der Waals surface area contributed by atoms with Gasteiger partial charge in [-0.3, -0.25) is 14.7 Å². The maximum Gasteiger partial charge on any atom is 0.337 e. The van der Waals surface area contributed by atoms with E-state index in [1.165, 1.54) is 23.8 Å². The zero-order chi connectivity index (χ0) is 35.9. The van der Waals surface area contributed by atoms with Crippen molar-refractivity contribution in [3.05, 3.63) is 128 Å². The van der Waals surface area contributed by atoms with Gasteiger partial charge in [0, 0.05) is 41.2 Å². The third-order valence-corrected chi connectivity index (χ3v) is 7.95. The minimum atomic E-state index is -0.521. The molecule has 0 fully saturated rings. The highest BCUT2D eigenvalue weighted by molar-refractivity contribution is 6.31. The van der Waals surface area contributed by atoms with Gasteiger partial charge in [0.2, 0.25) is 0 Å². The summed E-state index contributed by atoms with van der Waals surface area (Å²) in [6.07, 6.45) is 1.55. The highest BCUT2D eigenvalue weighted by Gasteiger charge is 2.19. The second-order valence-corrected chi connectivity index (χ2v) is 12.7. The molecule has 12 heteroatoms. The van der Waals surface area contributed by atoms with Crippen LogP contribution in [-0.4, -0.2) is 34.5 Å². The van der Waals surface area contributed by atoms with Crippen molar-refractivity contribution in [2.24, 2.45) is 5.41 Å². The van der Waals surface area contributed by atoms with Crippen LogP contribution in [0.5, 0.6) is 11.5 Å². The number of aromatic nitrogens is 1. The lowest BCUT2D eigenvalue weighted by atomic mass is 9.90. The quantitative estimate of drug-likeness (QED) is 0.0647. The molecule has 0 aliphatic rings. The number of methoxy groups -OCH3 is 1. The summed E-state index contributed by atoms with van der Waals surface area (Å²) in [7, 11) is 1.29. The number of nitrogens with zero attached hydrogens (tertiary/aromatic N) is 1. The second-order valence-electron chi connectivity index (χ2n) is 12.4. The van der Waals surface area contributed by atoms with Gasteiger partial charge in [-0.05, 0) is 66.9 Å². The average molecular weight is 686 g/mol. The summed E-state index contributed by atoms with van der Waals surface area (Å²) >= 11 is 6.54. The maximum absolute atomic E-state index is 13.5. The van der Waals surface area contributed by atoms with Gasteiger partial charge in [0.1, 0.15) is 28.9 Å². The van der Waals surface area contributed by atoms with Crippen molar-refractivity contribution < 1.29 is 24.2 Å². The number of allylic oxidation sites excluding steroid dienone is 1. The molecule has 0 saturated heterocycles. The van der Waals surface area contributed by atoms with Crippen LogP contribution in [0.15, 0.2) is 89.5 Å². The van der Waals surface area contributed by atoms with E-state index in [-0.39, 0.29) is 35.5 Å². The second kappa shape index (κ2) is 15.6. The number of hydrogen-bond donors (Lipinski definition) is 5. The number of rotatable bonds is 11. The van der Waals surface area contributed by atoms with Gasteiger partial charge in [0.25, 0.3) is 5.56 Å². The van der Waals surface area contributed by atoms with Crippen molar-refractivity contribution in [1.82, 2.24) is 15.2 Å². The molecule has 0 unspecified atom stereocenters. The Bertz CT molecular complexity index is 1960. The maximum atomic E-state index is 13.5. The standard InChI is InChI=1S/C37H40ClN5O6/c1-22-11-12-24(35(46)48-6)18-29(22)43-23(2)17-30(33(38)34(43)45)49-21-26-10-8-7-9-25(26)20-40-36(47)42-32(19-31(39)37(3,4)5)41-27-13-15-28(44)16-14-27/h7-19,39,41,44H,20-21H2,1-6H3,(H2,40,42,47)/b32-19+,39-31?. The Morgan fingerprint density at radius 2 is 1.67 bits per heavy atom. The number of aromatic hydroxyl groups is 1. The number of phenolic OH excluding ortho intramolecular Hbond substituents is 1. The number of halogens is 1. The Hall–Kier alpha value is -5.55. The van der Waals surface area contributed by atoms with E-state index in [9.17, 15) is 19.5 Å². The number of carbonyl (C=O) groups excluding carboxylic acids is 2. The van der Waals surface area contributed by atoms with Gasteiger partial charge < -0.3 is 30.6 Å². The van der Waals surface area contributed by atoms with Crippen LogP contribution in [-0.2, 0) is 17.9 Å². The molecular weight excluding hydrogens is 646 g/mol. The predicted molar refractivity (Wildman–Crippen MR) is 191 cm³/mol. The van der Waals surface area contributed by atoms with Crippen LogP contribution in [0, 0.1) is 24.7 Å². The Labute approximate surface area is 290 Å². The van der Waals surface area contributed by atoms with Crippen molar-refractivity contribution in [3.63, 3.8) is 0 Å². The molecule has 4 aromatic rings. The molecule has 2 amide bonds. The van der Waals surface area contributed by atoms with Crippen LogP contribution in [0.3, 0.4) is 0 Å². The van der Waals surface area contributed by atoms with E-state index in [2.05, 4.69) is 16.0 Å². The first-order valence-corrected chi connectivity index (χ1v) is 15.8. The zero-order valence-corrected chi connectivity index (χ0v) is 29.0. The number of amides is 2. The van der Waals surface area contributed by atoms with Gasteiger partial charge in [-0.2, -0.15) is 0 Å². The minimum absolute atomic E-state index is 0.0647. The minimum Gasteiger partial charge on any atom is -0.508 e. The molecule has 3 aromatic carbocycles. The van der Waals surface area contributed by atoms with E-state index in [1.54, 1.807) is 49.4 Å². The smallest absolute Gasteiger partial charge is 0.337 e. The molecule has 11 nitrogen and oxygen atoms in total. The fraction of sp³-hybridized carbons (Fsp3) is 0.243. The van der Waals surface area contributed by atoms with E-state index in [1.807, 2.05) is 52.0 Å². The number of hydrogen-bond acceptors (Lipinski definition) is 8. The average Bonchev–Trinajstić information content (AvgIpc) is 3.06. The molecule has 0 spiro atoms. The zero-order valence-electron chi connectivity index (χ0n) is 28.2. The summed E-state index contributed by atoms with van der Waals surface area (Å²) in [4.78, 5) is 38.6. The summed E-state index contributed by atoms with van der Waals surface area (Å²) in [5, 5.41) is 26.6. The molecule has 256 valence electrons. The van der Waals surface area contributed by atoms with E-state index in [0.717, 1.165) is 16.7 Å². The number of pyridine rings is 1. The third kappa shape index (κ3) is 9.29. The molecule has 0 atom stereocenters. The summed E-state index contributed by atoms with van der Waals surface area (Å²) in [5.41, 5.74) is 3.59. The summed E-state index contributed by atoms with van der Waals surface area (Å²) < 4.78 is 12.3. The number of nitrogens with one attached hydrogen (secondary N) is 4. The number of phenols is 1. The van der Waals surface area contributed by atoms with Gasteiger partial charge in [0.15, 0.2) is 0 Å². The fourth-order valence-electron chi connectivity index (χ4n) is 4.71. The molecule has 0 saturated carbocycles. The number of urea groups is 1. The number of aryl methyl sites for hydroxylation is 2. The molecule has 0 bridgehead atoms. The molecule has 0 aliphatic carbocycles. The van der Waals surface area contributed by atoms with Crippen molar-refractivity contribution in [2.45, 2.75) is 47.8 Å². The van der Waals surface area contributed by atoms with Crippen molar-refractivity contribution in [1.29, 1.82) is 5.41 Å². The molecule has 49 heavy (non-hydrogen) atoms. The van der Waals surface area contributed by atoms with Crippen LogP contribution in [0.2, 0.25) is 5.02 Å². The first-order valence-electron chi connectivity index (χ1n) is 15.4. The van der Waals surface area contributed by atoms with Gasteiger partial charge in [-0.1, -0.05) is 62.7 Å². The van der Waals surface area contributed by atoms with Gasteiger partial charge in [-0.25, -0.2) is 9.59 Å². The normalized spacial score (nSPS) is 11.4. The molecule has 5 N–H and O–H groups in total. The highest BCUT2D eigenvalue weighted by Crippen LogP contribution is 2.27. The van der Waals surface area contributed by atoms with E-state index >= 15 is 0 Å². The lowest BCUT2D eigenvalue weighted by molar-refractivity contribution is 0.0600. The number of ether oxygens (including phenoxy) is 2. The molecule has 4 rings (SSSR count). The Morgan fingerprint density at radius 3 is 2.33 bits per heavy atom. The van der Waals surface area contributed by atoms with Gasteiger partial charge in [0.05, 0.1) is 18.4 Å². The Morgan fingerprint density at radius 1 is 1.00 bits per heavy atom. The first kappa shape index (κ1) is 36.3. The van der Waals surface area contributed by atoms with Crippen LogP contribution in [0.1, 0.15) is 53.5 Å². The van der Waals surface area contributed by atoms with Crippen LogP contribution < -0.4 is 26.2 Å². The van der Waals surface area contributed by atoms with Crippen molar-refractivity contribution in [3.8, 4) is 17.2 Å². The van der Waals surface area contributed by atoms with Crippen molar-refractivity contribution >= 4 is 35.0 Å². The Kier molecular flexibility index (Phi) is 11.5. The topological polar surface area (TPSA) is 155 Å². The monoisotopic (exact) mass is 685 g/mol. The van der Waals surface area contributed by atoms with Gasteiger partial charge >= 0.3 is 12.0 Å². The number of anilines is 1. The number of carbonyl (C=O) groups is 2. The molecule has 0 aliphatic heterocycles.